The van der Waals surface area contributed by atoms with Crippen molar-refractivity contribution < 1.29 is 9.21 Å². The van der Waals surface area contributed by atoms with E-state index in [0.29, 0.717) is 16.5 Å². The summed E-state index contributed by atoms with van der Waals surface area (Å²) >= 11 is 0. The SMILES string of the molecule is Cc1ccc(C(=O)N/N=C/c2coc3ccc(C)cc3c2=O)cc1. The number of rotatable bonds is 3. The first-order chi connectivity index (χ1) is 11.5. The number of amides is 1. The van der Waals surface area contributed by atoms with E-state index in [0.717, 1.165) is 11.1 Å². The third-order valence-corrected chi connectivity index (χ3v) is 3.64. The zero-order chi connectivity index (χ0) is 17.1. The van der Waals surface area contributed by atoms with E-state index in [1.54, 1.807) is 24.3 Å². The average molecular weight is 320 g/mol. The number of hydrazone groups is 1. The molecule has 0 radical (unpaired) electrons. The molecule has 1 N–H and O–H groups in total. The van der Waals surface area contributed by atoms with Crippen molar-refractivity contribution in [3.63, 3.8) is 0 Å². The summed E-state index contributed by atoms with van der Waals surface area (Å²) in [5.74, 6) is -0.340. The van der Waals surface area contributed by atoms with Crippen molar-refractivity contribution in [3.8, 4) is 0 Å². The van der Waals surface area contributed by atoms with Crippen molar-refractivity contribution in [2.24, 2.45) is 5.10 Å². The summed E-state index contributed by atoms with van der Waals surface area (Å²) in [6.07, 6.45) is 2.63. The summed E-state index contributed by atoms with van der Waals surface area (Å²) in [6.45, 7) is 3.85. The second-order valence-electron chi connectivity index (χ2n) is 5.58. The van der Waals surface area contributed by atoms with E-state index in [-0.39, 0.29) is 16.9 Å². The lowest BCUT2D eigenvalue weighted by molar-refractivity contribution is 0.0955. The van der Waals surface area contributed by atoms with E-state index in [9.17, 15) is 9.59 Å². The maximum atomic E-state index is 12.4. The van der Waals surface area contributed by atoms with Gasteiger partial charge in [0.1, 0.15) is 11.8 Å². The number of hydrogen-bond donors (Lipinski definition) is 1. The molecule has 3 aromatic rings. The number of carbonyl (C=O) groups is 1. The molecule has 0 bridgehead atoms. The van der Waals surface area contributed by atoms with Crippen molar-refractivity contribution >= 4 is 23.1 Å². The van der Waals surface area contributed by atoms with E-state index in [1.807, 2.05) is 32.0 Å². The van der Waals surface area contributed by atoms with E-state index in [4.69, 9.17) is 4.42 Å². The Labute approximate surface area is 138 Å². The Morgan fingerprint density at radius 3 is 2.54 bits per heavy atom. The minimum absolute atomic E-state index is 0.187. The number of aryl methyl sites for hydroxylation is 2. The highest BCUT2D eigenvalue weighted by atomic mass is 16.3. The van der Waals surface area contributed by atoms with Crippen LogP contribution in [0.15, 0.2) is 63.0 Å². The van der Waals surface area contributed by atoms with Crippen LogP contribution in [0.2, 0.25) is 0 Å². The third-order valence-electron chi connectivity index (χ3n) is 3.64. The highest BCUT2D eigenvalue weighted by molar-refractivity contribution is 5.95. The van der Waals surface area contributed by atoms with Gasteiger partial charge in [0, 0.05) is 5.56 Å². The van der Waals surface area contributed by atoms with Crippen LogP contribution in [0, 0.1) is 13.8 Å². The van der Waals surface area contributed by atoms with Gasteiger partial charge in [0.25, 0.3) is 5.91 Å². The molecule has 2 aromatic carbocycles. The highest BCUT2D eigenvalue weighted by Crippen LogP contribution is 2.12. The van der Waals surface area contributed by atoms with Gasteiger partial charge in [-0.2, -0.15) is 5.10 Å². The van der Waals surface area contributed by atoms with Crippen molar-refractivity contribution in [2.75, 3.05) is 0 Å². The number of nitrogens with zero attached hydrogens (tertiary/aromatic N) is 1. The molecule has 24 heavy (non-hydrogen) atoms. The Balaban J connectivity index is 1.80. The smallest absolute Gasteiger partial charge is 0.271 e. The Morgan fingerprint density at radius 1 is 1.08 bits per heavy atom. The maximum Gasteiger partial charge on any atom is 0.271 e. The van der Waals surface area contributed by atoms with Gasteiger partial charge in [-0.25, -0.2) is 5.43 Å². The topological polar surface area (TPSA) is 71.7 Å². The van der Waals surface area contributed by atoms with E-state index in [1.165, 1.54) is 12.5 Å². The molecular formula is C19H16N2O3. The van der Waals surface area contributed by atoms with Crippen LogP contribution >= 0.6 is 0 Å². The van der Waals surface area contributed by atoms with Crippen LogP contribution < -0.4 is 10.9 Å². The Kier molecular flexibility index (Phi) is 4.24. The average Bonchev–Trinajstić information content (AvgIpc) is 2.58. The molecule has 0 aliphatic rings. The second-order valence-corrected chi connectivity index (χ2v) is 5.58. The fourth-order valence-corrected chi connectivity index (χ4v) is 2.28. The lowest BCUT2D eigenvalue weighted by atomic mass is 10.1. The van der Waals surface area contributed by atoms with Crippen LogP contribution in [-0.2, 0) is 0 Å². The molecule has 0 spiro atoms. The zero-order valence-electron chi connectivity index (χ0n) is 13.4. The van der Waals surface area contributed by atoms with Gasteiger partial charge < -0.3 is 4.42 Å². The second kappa shape index (κ2) is 6.50. The largest absolute Gasteiger partial charge is 0.463 e. The summed E-state index contributed by atoms with van der Waals surface area (Å²) < 4.78 is 5.43. The Hall–Kier alpha value is -3.21. The number of carbonyl (C=O) groups excluding carboxylic acids is 1. The zero-order valence-corrected chi connectivity index (χ0v) is 13.4. The van der Waals surface area contributed by atoms with Gasteiger partial charge in [0.15, 0.2) is 0 Å². The minimum atomic E-state index is -0.340. The summed E-state index contributed by atoms with van der Waals surface area (Å²) in [7, 11) is 0. The normalized spacial score (nSPS) is 11.1. The van der Waals surface area contributed by atoms with Crippen molar-refractivity contribution in [2.45, 2.75) is 13.8 Å². The van der Waals surface area contributed by atoms with Gasteiger partial charge in [0.2, 0.25) is 5.43 Å². The molecule has 0 aliphatic carbocycles. The first-order valence-corrected chi connectivity index (χ1v) is 7.47. The molecule has 5 heteroatoms. The summed E-state index contributed by atoms with van der Waals surface area (Å²) in [5.41, 5.74) is 5.55. The highest BCUT2D eigenvalue weighted by Gasteiger charge is 2.06. The van der Waals surface area contributed by atoms with E-state index in [2.05, 4.69) is 10.5 Å². The fourth-order valence-electron chi connectivity index (χ4n) is 2.28. The first kappa shape index (κ1) is 15.7. The molecular weight excluding hydrogens is 304 g/mol. The number of nitrogens with one attached hydrogen (secondary N) is 1. The molecule has 1 aromatic heterocycles. The van der Waals surface area contributed by atoms with Crippen LogP contribution in [0.1, 0.15) is 27.0 Å². The molecule has 0 fully saturated rings. The molecule has 1 amide bonds. The molecule has 0 saturated carbocycles. The van der Waals surface area contributed by atoms with Gasteiger partial charge >= 0.3 is 0 Å². The Morgan fingerprint density at radius 2 is 1.79 bits per heavy atom. The van der Waals surface area contributed by atoms with Gasteiger partial charge in [0.05, 0.1) is 17.2 Å². The molecule has 0 aliphatic heterocycles. The predicted octanol–water partition coefficient (Wildman–Crippen LogP) is 3.17. The van der Waals surface area contributed by atoms with Crippen LogP contribution in [0.4, 0.5) is 0 Å². The molecule has 5 nitrogen and oxygen atoms in total. The summed E-state index contributed by atoms with van der Waals surface area (Å²) in [6, 6.07) is 12.5. The van der Waals surface area contributed by atoms with Crippen LogP contribution in [0.3, 0.4) is 0 Å². The van der Waals surface area contributed by atoms with Crippen LogP contribution in [-0.4, -0.2) is 12.1 Å². The lowest BCUT2D eigenvalue weighted by Gasteiger charge is -2.01. The van der Waals surface area contributed by atoms with Gasteiger partial charge in [-0.3, -0.25) is 9.59 Å². The maximum absolute atomic E-state index is 12.4. The first-order valence-electron chi connectivity index (χ1n) is 7.47. The molecule has 0 unspecified atom stereocenters. The monoisotopic (exact) mass is 320 g/mol. The Bertz CT molecular complexity index is 986. The summed E-state index contributed by atoms with van der Waals surface area (Å²) in [4.78, 5) is 24.4. The minimum Gasteiger partial charge on any atom is -0.463 e. The number of fused-ring (bicyclic) bond motifs is 1. The van der Waals surface area contributed by atoms with Crippen molar-refractivity contribution in [1.82, 2.24) is 5.43 Å². The molecule has 1 heterocycles. The summed E-state index contributed by atoms with van der Waals surface area (Å²) in [5, 5.41) is 4.34. The van der Waals surface area contributed by atoms with Gasteiger partial charge in [-0.15, -0.1) is 0 Å². The van der Waals surface area contributed by atoms with Crippen molar-refractivity contribution in [3.05, 3.63) is 81.2 Å². The number of benzene rings is 2. The lowest BCUT2D eigenvalue weighted by Crippen LogP contribution is -2.18. The van der Waals surface area contributed by atoms with Gasteiger partial charge in [-0.1, -0.05) is 29.3 Å². The van der Waals surface area contributed by atoms with Crippen molar-refractivity contribution in [1.29, 1.82) is 0 Å². The van der Waals surface area contributed by atoms with Crippen LogP contribution in [0.25, 0.3) is 11.0 Å². The predicted molar refractivity (Wildman–Crippen MR) is 93.5 cm³/mol. The fraction of sp³-hybridized carbons (Fsp3) is 0.105. The quantitative estimate of drug-likeness (QED) is 0.595. The van der Waals surface area contributed by atoms with E-state index < -0.39 is 0 Å². The molecule has 3 rings (SSSR count). The number of hydrogen-bond acceptors (Lipinski definition) is 4. The van der Waals surface area contributed by atoms with E-state index >= 15 is 0 Å². The van der Waals surface area contributed by atoms with Crippen LogP contribution in [0.5, 0.6) is 0 Å². The molecule has 0 atom stereocenters. The molecule has 120 valence electrons. The third kappa shape index (κ3) is 3.25. The molecule has 0 saturated heterocycles. The standard InChI is InChI=1S/C19H16N2O3/c1-12-3-6-14(7-4-12)19(23)21-20-10-15-11-24-17-8-5-13(2)9-16(17)18(15)22/h3-11H,1-2H3,(H,21,23)/b20-10+. The van der Waals surface area contributed by atoms with Gasteiger partial charge in [-0.05, 0) is 38.1 Å².